The van der Waals surface area contributed by atoms with Gasteiger partial charge in [-0.1, -0.05) is 12.1 Å². The van der Waals surface area contributed by atoms with Crippen molar-refractivity contribution in [1.82, 2.24) is 10.2 Å². The monoisotopic (exact) mass is 260 g/mol. The Bertz CT molecular complexity index is 489. The highest BCUT2D eigenvalue weighted by molar-refractivity contribution is 5.97. The predicted octanol–water partition coefficient (Wildman–Crippen LogP) is 1.38. The van der Waals surface area contributed by atoms with E-state index in [-0.39, 0.29) is 5.91 Å². The van der Waals surface area contributed by atoms with Crippen molar-refractivity contribution < 1.29 is 9.53 Å². The quantitative estimate of drug-likeness (QED) is 0.873. The molecule has 0 radical (unpaired) electrons. The number of benzene rings is 1. The largest absolute Gasteiger partial charge is 0.496 e. The van der Waals surface area contributed by atoms with Crippen LogP contribution in [0.3, 0.4) is 0 Å². The number of ether oxygens (including phenoxy) is 1. The minimum absolute atomic E-state index is 0.0966. The van der Waals surface area contributed by atoms with Crippen LogP contribution < -0.4 is 10.1 Å². The molecule has 1 N–H and O–H groups in total. The van der Waals surface area contributed by atoms with Crippen molar-refractivity contribution in [3.8, 4) is 5.75 Å². The van der Waals surface area contributed by atoms with E-state index >= 15 is 0 Å². The number of nitrogens with zero attached hydrogens (tertiary/aromatic N) is 1. The molecule has 0 saturated carbocycles. The van der Waals surface area contributed by atoms with E-state index in [1.54, 1.807) is 7.11 Å². The third kappa shape index (κ3) is 2.00. The van der Waals surface area contributed by atoms with Gasteiger partial charge >= 0.3 is 0 Å². The van der Waals surface area contributed by atoms with E-state index < -0.39 is 0 Å². The average Bonchev–Trinajstić information content (AvgIpc) is 3.01. The van der Waals surface area contributed by atoms with Gasteiger partial charge in [0.25, 0.3) is 5.91 Å². The van der Waals surface area contributed by atoms with Crippen LogP contribution in [-0.2, 0) is 0 Å². The molecule has 2 aliphatic rings. The van der Waals surface area contributed by atoms with Gasteiger partial charge in [0.05, 0.1) is 12.7 Å². The number of hydrogen-bond donors (Lipinski definition) is 1. The first kappa shape index (κ1) is 12.5. The summed E-state index contributed by atoms with van der Waals surface area (Å²) in [4.78, 5) is 14.7. The summed E-state index contributed by atoms with van der Waals surface area (Å²) in [7, 11) is 1.61. The molecule has 4 heteroatoms. The van der Waals surface area contributed by atoms with Gasteiger partial charge in [0, 0.05) is 25.7 Å². The number of methoxy groups -OCH3 is 1. The molecule has 0 aliphatic carbocycles. The number of hydrogen-bond acceptors (Lipinski definition) is 3. The third-order valence-corrected chi connectivity index (χ3v) is 4.53. The van der Waals surface area contributed by atoms with Gasteiger partial charge in [-0.3, -0.25) is 4.79 Å². The molecule has 102 valence electrons. The van der Waals surface area contributed by atoms with Crippen LogP contribution in [0.4, 0.5) is 0 Å². The van der Waals surface area contributed by atoms with E-state index in [0.29, 0.717) is 29.2 Å². The van der Waals surface area contributed by atoms with Gasteiger partial charge in [0.1, 0.15) is 5.75 Å². The fourth-order valence-electron chi connectivity index (χ4n) is 3.41. The Morgan fingerprint density at radius 1 is 1.37 bits per heavy atom. The summed E-state index contributed by atoms with van der Waals surface area (Å²) in [6.45, 7) is 5.08. The highest BCUT2D eigenvalue weighted by Crippen LogP contribution is 2.34. The molecule has 2 heterocycles. The van der Waals surface area contributed by atoms with Crippen molar-refractivity contribution in [2.45, 2.75) is 13.0 Å². The Kier molecular flexibility index (Phi) is 3.19. The first-order chi connectivity index (χ1) is 9.22. The van der Waals surface area contributed by atoms with Crippen molar-refractivity contribution in [3.63, 3.8) is 0 Å². The molecule has 4 nitrogen and oxygen atoms in total. The lowest BCUT2D eigenvalue weighted by Crippen LogP contribution is -2.38. The Balaban J connectivity index is 1.85. The van der Waals surface area contributed by atoms with Crippen LogP contribution in [0, 0.1) is 11.8 Å². The maximum absolute atomic E-state index is 12.7. The molecule has 3 atom stereocenters. The maximum atomic E-state index is 12.7. The zero-order chi connectivity index (χ0) is 13.4. The van der Waals surface area contributed by atoms with Crippen LogP contribution in [-0.4, -0.2) is 43.6 Å². The summed E-state index contributed by atoms with van der Waals surface area (Å²) in [6.07, 6.45) is 0. The summed E-state index contributed by atoms with van der Waals surface area (Å²) in [6, 6.07) is 7.77. The third-order valence-electron chi connectivity index (χ3n) is 4.53. The zero-order valence-corrected chi connectivity index (χ0v) is 11.4. The number of likely N-dealkylation sites (tertiary alicyclic amines) is 1. The van der Waals surface area contributed by atoms with Gasteiger partial charge in [-0.2, -0.15) is 0 Å². The molecule has 19 heavy (non-hydrogen) atoms. The number of fused-ring (bicyclic) bond motifs is 1. The second kappa shape index (κ2) is 4.85. The number of carbonyl (C=O) groups excluding carboxylic acids is 1. The first-order valence-corrected chi connectivity index (χ1v) is 6.87. The molecule has 0 bridgehead atoms. The molecule has 3 unspecified atom stereocenters. The normalized spacial score (nSPS) is 29.4. The van der Waals surface area contributed by atoms with Gasteiger partial charge in [-0.15, -0.1) is 0 Å². The number of rotatable bonds is 2. The SMILES string of the molecule is COc1ccccc1C(=O)N1CC2CNCC2C1C. The highest BCUT2D eigenvalue weighted by Gasteiger charge is 2.44. The molecule has 2 fully saturated rings. The molecule has 0 spiro atoms. The van der Waals surface area contributed by atoms with Crippen LogP contribution in [0.15, 0.2) is 24.3 Å². The van der Waals surface area contributed by atoms with Gasteiger partial charge in [-0.25, -0.2) is 0 Å². The lowest BCUT2D eigenvalue weighted by molar-refractivity contribution is 0.0725. The maximum Gasteiger partial charge on any atom is 0.257 e. The van der Waals surface area contributed by atoms with Gasteiger partial charge in [0.15, 0.2) is 0 Å². The van der Waals surface area contributed by atoms with Crippen molar-refractivity contribution in [3.05, 3.63) is 29.8 Å². The summed E-state index contributed by atoms with van der Waals surface area (Å²) in [5.74, 6) is 1.96. The molecule has 0 aromatic heterocycles. The number of nitrogens with one attached hydrogen (secondary N) is 1. The van der Waals surface area contributed by atoms with Crippen molar-refractivity contribution in [1.29, 1.82) is 0 Å². The van der Waals surface area contributed by atoms with Crippen LogP contribution in [0.5, 0.6) is 5.75 Å². The summed E-state index contributed by atoms with van der Waals surface area (Å²) in [5, 5.41) is 3.41. The molecular formula is C15H20N2O2. The Hall–Kier alpha value is -1.55. The van der Waals surface area contributed by atoms with E-state index in [1.165, 1.54) is 0 Å². The van der Waals surface area contributed by atoms with Gasteiger partial charge in [0.2, 0.25) is 0 Å². The minimum Gasteiger partial charge on any atom is -0.496 e. The molecule has 1 aromatic carbocycles. The van der Waals surface area contributed by atoms with E-state index in [1.807, 2.05) is 29.2 Å². The highest BCUT2D eigenvalue weighted by atomic mass is 16.5. The fourth-order valence-corrected chi connectivity index (χ4v) is 3.41. The van der Waals surface area contributed by atoms with Crippen LogP contribution in [0.25, 0.3) is 0 Å². The zero-order valence-electron chi connectivity index (χ0n) is 11.4. The number of para-hydroxylation sites is 1. The topological polar surface area (TPSA) is 41.6 Å². The summed E-state index contributed by atoms with van der Waals surface area (Å²) < 4.78 is 5.30. The summed E-state index contributed by atoms with van der Waals surface area (Å²) in [5.41, 5.74) is 0.671. The second-order valence-electron chi connectivity index (χ2n) is 5.48. The molecule has 3 rings (SSSR count). The molecular weight excluding hydrogens is 240 g/mol. The van der Waals surface area contributed by atoms with E-state index in [2.05, 4.69) is 12.2 Å². The van der Waals surface area contributed by atoms with Crippen molar-refractivity contribution in [2.24, 2.45) is 11.8 Å². The smallest absolute Gasteiger partial charge is 0.257 e. The lowest BCUT2D eigenvalue weighted by Gasteiger charge is -2.25. The van der Waals surface area contributed by atoms with Crippen LogP contribution in [0.1, 0.15) is 17.3 Å². The number of carbonyl (C=O) groups is 1. The molecule has 1 amide bonds. The van der Waals surface area contributed by atoms with E-state index in [9.17, 15) is 4.79 Å². The second-order valence-corrected chi connectivity index (χ2v) is 5.48. The van der Waals surface area contributed by atoms with Crippen LogP contribution in [0.2, 0.25) is 0 Å². The Labute approximate surface area is 113 Å². The fraction of sp³-hybridized carbons (Fsp3) is 0.533. The predicted molar refractivity (Wildman–Crippen MR) is 73.3 cm³/mol. The molecule has 1 aromatic rings. The Morgan fingerprint density at radius 2 is 2.16 bits per heavy atom. The van der Waals surface area contributed by atoms with E-state index in [0.717, 1.165) is 19.6 Å². The standard InChI is InChI=1S/C15H20N2O2/c1-10-13-8-16-7-11(13)9-17(10)15(18)12-5-3-4-6-14(12)19-2/h3-6,10-11,13,16H,7-9H2,1-2H3. The molecule has 2 aliphatic heterocycles. The summed E-state index contributed by atoms with van der Waals surface area (Å²) >= 11 is 0. The minimum atomic E-state index is 0.0966. The van der Waals surface area contributed by atoms with Crippen molar-refractivity contribution >= 4 is 5.91 Å². The van der Waals surface area contributed by atoms with Crippen molar-refractivity contribution in [2.75, 3.05) is 26.7 Å². The number of amides is 1. The van der Waals surface area contributed by atoms with Gasteiger partial charge in [-0.05, 0) is 30.9 Å². The Morgan fingerprint density at radius 3 is 2.89 bits per heavy atom. The molecule has 2 saturated heterocycles. The van der Waals surface area contributed by atoms with Gasteiger partial charge < -0.3 is 15.0 Å². The van der Waals surface area contributed by atoms with E-state index in [4.69, 9.17) is 4.74 Å². The van der Waals surface area contributed by atoms with Crippen LogP contribution >= 0.6 is 0 Å². The first-order valence-electron chi connectivity index (χ1n) is 6.87. The average molecular weight is 260 g/mol. The lowest BCUT2D eigenvalue weighted by atomic mass is 9.95.